The molecule has 0 saturated carbocycles. The molecule has 0 amide bonds. The average molecular weight is 147 g/mol. The molecule has 0 aromatic heterocycles. The Kier molecular flexibility index (Phi) is 1.95. The van der Waals surface area contributed by atoms with Gasteiger partial charge in [0.05, 0.1) is 13.4 Å². The Labute approximate surface area is 58.4 Å². The highest BCUT2D eigenvalue weighted by atomic mass is 35.5. The highest BCUT2D eigenvalue weighted by Gasteiger charge is 2.10. The zero-order chi connectivity index (χ0) is 6.69. The molecule has 0 saturated heterocycles. The summed E-state index contributed by atoms with van der Waals surface area (Å²) in [6.07, 6.45) is 3.20. The van der Waals surface area contributed by atoms with Crippen molar-refractivity contribution in [1.29, 1.82) is 0 Å². The quantitative estimate of drug-likeness (QED) is 0.436. The van der Waals surface area contributed by atoms with E-state index in [1.165, 1.54) is 6.34 Å². The highest BCUT2D eigenvalue weighted by molar-refractivity contribution is 6.22. The van der Waals surface area contributed by atoms with E-state index < -0.39 is 0 Å². The van der Waals surface area contributed by atoms with Crippen LogP contribution in [0.4, 0.5) is 0 Å². The van der Waals surface area contributed by atoms with E-state index in [0.29, 0.717) is 5.76 Å². The first-order valence-electron chi connectivity index (χ1n) is 2.50. The number of halogens is 1. The van der Waals surface area contributed by atoms with Gasteiger partial charge in [0, 0.05) is 6.20 Å². The molecule has 50 valence electrons. The Morgan fingerprint density at radius 1 is 1.89 bits per heavy atom. The summed E-state index contributed by atoms with van der Waals surface area (Å²) in [7, 11) is 1.56. The topological polar surface area (TPSA) is 33.6 Å². The Hall–Kier alpha value is -0.700. The van der Waals surface area contributed by atoms with Crippen molar-refractivity contribution in [1.82, 2.24) is 5.32 Å². The Morgan fingerprint density at radius 2 is 2.67 bits per heavy atom. The van der Waals surface area contributed by atoms with Gasteiger partial charge in [-0.15, -0.1) is 0 Å². The smallest absolute Gasteiger partial charge is 0.183 e. The van der Waals surface area contributed by atoms with Crippen LogP contribution < -0.4 is 5.32 Å². The lowest BCUT2D eigenvalue weighted by Crippen LogP contribution is -2.16. The fourth-order valence-corrected chi connectivity index (χ4v) is 0.735. The summed E-state index contributed by atoms with van der Waals surface area (Å²) in [4.78, 5) is 3.82. The molecule has 1 atom stereocenters. The van der Waals surface area contributed by atoms with E-state index in [-0.39, 0.29) is 5.50 Å². The minimum absolute atomic E-state index is 0.365. The molecule has 1 aliphatic heterocycles. The fraction of sp³-hybridized carbons (Fsp3) is 0.400. The van der Waals surface area contributed by atoms with Crippen LogP contribution in [0.3, 0.4) is 0 Å². The van der Waals surface area contributed by atoms with E-state index in [1.807, 2.05) is 0 Å². The number of aliphatic imine (C=N–C) groups is 1. The predicted molar refractivity (Wildman–Crippen MR) is 36.4 cm³/mol. The van der Waals surface area contributed by atoms with Gasteiger partial charge in [-0.3, -0.25) is 0 Å². The van der Waals surface area contributed by atoms with Crippen LogP contribution in [-0.2, 0) is 4.74 Å². The summed E-state index contributed by atoms with van der Waals surface area (Å²) >= 11 is 5.65. The number of nitrogens with zero attached hydrogens (tertiary/aromatic N) is 1. The molecule has 0 aromatic rings. The summed E-state index contributed by atoms with van der Waals surface area (Å²) in [6, 6.07) is 0. The maximum absolute atomic E-state index is 5.65. The van der Waals surface area contributed by atoms with Crippen LogP contribution in [0.25, 0.3) is 0 Å². The van der Waals surface area contributed by atoms with E-state index >= 15 is 0 Å². The molecular formula is C5H7ClN2O. The third-order valence-electron chi connectivity index (χ3n) is 0.976. The first-order valence-corrected chi connectivity index (χ1v) is 2.94. The molecule has 0 aliphatic carbocycles. The van der Waals surface area contributed by atoms with Crippen LogP contribution in [-0.4, -0.2) is 18.9 Å². The molecule has 9 heavy (non-hydrogen) atoms. The molecule has 1 aliphatic rings. The van der Waals surface area contributed by atoms with Crippen LogP contribution in [0.2, 0.25) is 0 Å². The average Bonchev–Trinajstić information content (AvgIpc) is 1.89. The zero-order valence-electron chi connectivity index (χ0n) is 4.97. The third kappa shape index (κ3) is 1.36. The van der Waals surface area contributed by atoms with E-state index in [9.17, 15) is 0 Å². The van der Waals surface area contributed by atoms with E-state index in [1.54, 1.807) is 13.3 Å². The number of hydrogen-bond donors (Lipinski definition) is 1. The fourth-order valence-electron chi connectivity index (χ4n) is 0.526. The summed E-state index contributed by atoms with van der Waals surface area (Å²) < 4.78 is 4.86. The van der Waals surface area contributed by atoms with Crippen molar-refractivity contribution < 1.29 is 4.74 Å². The summed E-state index contributed by atoms with van der Waals surface area (Å²) in [6.45, 7) is 0. The summed E-state index contributed by atoms with van der Waals surface area (Å²) in [5.74, 6) is 0.638. The minimum Gasteiger partial charge on any atom is -0.496 e. The van der Waals surface area contributed by atoms with Crippen molar-refractivity contribution in [3.05, 3.63) is 12.0 Å². The normalized spacial score (nSPS) is 24.7. The molecule has 1 heterocycles. The molecular weight excluding hydrogens is 140 g/mol. The van der Waals surface area contributed by atoms with Crippen LogP contribution in [0.1, 0.15) is 0 Å². The number of alkyl halides is 1. The van der Waals surface area contributed by atoms with Gasteiger partial charge in [0.15, 0.2) is 11.3 Å². The van der Waals surface area contributed by atoms with Crippen molar-refractivity contribution in [3.63, 3.8) is 0 Å². The van der Waals surface area contributed by atoms with Gasteiger partial charge in [0.2, 0.25) is 0 Å². The molecule has 1 N–H and O–H groups in total. The molecule has 1 unspecified atom stereocenters. The molecule has 0 aromatic carbocycles. The van der Waals surface area contributed by atoms with Crippen LogP contribution in [0, 0.1) is 0 Å². The molecule has 1 rings (SSSR count). The molecule has 0 radical (unpaired) electrons. The number of ether oxygens (including phenoxy) is 1. The van der Waals surface area contributed by atoms with Crippen molar-refractivity contribution >= 4 is 17.9 Å². The van der Waals surface area contributed by atoms with Crippen molar-refractivity contribution in [2.45, 2.75) is 5.50 Å². The van der Waals surface area contributed by atoms with Gasteiger partial charge in [-0.2, -0.15) is 0 Å². The predicted octanol–water partition coefficient (Wildman–Crippen LogP) is 0.671. The first kappa shape index (κ1) is 6.42. The van der Waals surface area contributed by atoms with Gasteiger partial charge in [-0.25, -0.2) is 4.99 Å². The molecule has 4 heteroatoms. The Bertz CT molecular complexity index is 155. The van der Waals surface area contributed by atoms with Crippen molar-refractivity contribution in [2.24, 2.45) is 4.99 Å². The first-order chi connectivity index (χ1) is 4.34. The Balaban J connectivity index is 2.59. The second-order valence-corrected chi connectivity index (χ2v) is 1.94. The number of rotatable bonds is 1. The van der Waals surface area contributed by atoms with Crippen LogP contribution in [0.15, 0.2) is 17.0 Å². The van der Waals surface area contributed by atoms with E-state index in [0.717, 1.165) is 0 Å². The van der Waals surface area contributed by atoms with Crippen LogP contribution >= 0.6 is 11.6 Å². The zero-order valence-corrected chi connectivity index (χ0v) is 5.72. The molecule has 0 bridgehead atoms. The van der Waals surface area contributed by atoms with Gasteiger partial charge in [-0.1, -0.05) is 11.6 Å². The maximum atomic E-state index is 5.65. The molecule has 3 nitrogen and oxygen atoms in total. The van der Waals surface area contributed by atoms with E-state index in [4.69, 9.17) is 16.3 Å². The second-order valence-electron chi connectivity index (χ2n) is 1.53. The molecule has 0 fully saturated rings. The minimum atomic E-state index is -0.365. The standard InChI is InChI=1S/C5H7ClN2O/c1-9-4-2-7-3-8-5(4)6/h2-3,5H,1H3,(H,7,8). The van der Waals surface area contributed by atoms with Gasteiger partial charge < -0.3 is 10.1 Å². The summed E-state index contributed by atoms with van der Waals surface area (Å²) in [5, 5.41) is 2.75. The lowest BCUT2D eigenvalue weighted by atomic mass is 10.5. The SMILES string of the molecule is COC1=CNC=NC1Cl. The van der Waals surface area contributed by atoms with Crippen molar-refractivity contribution in [3.8, 4) is 0 Å². The van der Waals surface area contributed by atoms with Crippen molar-refractivity contribution in [2.75, 3.05) is 7.11 Å². The van der Waals surface area contributed by atoms with Gasteiger partial charge in [0.25, 0.3) is 0 Å². The number of hydrogen-bond acceptors (Lipinski definition) is 3. The maximum Gasteiger partial charge on any atom is 0.183 e. The lowest BCUT2D eigenvalue weighted by Gasteiger charge is -2.11. The number of nitrogens with one attached hydrogen (secondary N) is 1. The largest absolute Gasteiger partial charge is 0.496 e. The number of methoxy groups -OCH3 is 1. The summed E-state index contributed by atoms with van der Waals surface area (Å²) in [5.41, 5.74) is -0.365. The monoisotopic (exact) mass is 146 g/mol. The second kappa shape index (κ2) is 2.73. The van der Waals surface area contributed by atoms with Gasteiger partial charge in [0.1, 0.15) is 0 Å². The Morgan fingerprint density at radius 3 is 3.11 bits per heavy atom. The van der Waals surface area contributed by atoms with Gasteiger partial charge in [-0.05, 0) is 0 Å². The molecule has 0 spiro atoms. The lowest BCUT2D eigenvalue weighted by molar-refractivity contribution is 0.277. The van der Waals surface area contributed by atoms with Gasteiger partial charge >= 0.3 is 0 Å². The highest BCUT2D eigenvalue weighted by Crippen LogP contribution is 2.11. The van der Waals surface area contributed by atoms with E-state index in [2.05, 4.69) is 10.3 Å². The third-order valence-corrected chi connectivity index (χ3v) is 1.30. The van der Waals surface area contributed by atoms with Crippen LogP contribution in [0.5, 0.6) is 0 Å².